The Kier molecular flexibility index (Phi) is 7.33. The minimum absolute atomic E-state index is 0.185. The number of esters is 1. The first-order valence-corrected chi connectivity index (χ1v) is 9.93. The van der Waals surface area contributed by atoms with Crippen LogP contribution in [0.1, 0.15) is 52.4 Å². The Balaban J connectivity index is 3.16. The molecule has 2 atom stereocenters. The number of ether oxygens (including phenoxy) is 2. The maximum absolute atomic E-state index is 11.8. The van der Waals surface area contributed by atoms with Crippen molar-refractivity contribution in [1.82, 2.24) is 0 Å². The number of unbranched alkanes of at least 4 members (excludes halogenated alkanes) is 1. The van der Waals surface area contributed by atoms with E-state index in [-0.39, 0.29) is 12.1 Å². The molecule has 6 heteroatoms. The second-order valence-corrected chi connectivity index (χ2v) is 9.25. The van der Waals surface area contributed by atoms with Crippen molar-refractivity contribution in [2.45, 2.75) is 69.7 Å². The molecule has 1 rings (SSSR count). The van der Waals surface area contributed by atoms with Crippen molar-refractivity contribution >= 4 is 14.5 Å². The molecule has 0 saturated carbocycles. The van der Waals surface area contributed by atoms with Crippen LogP contribution in [0.25, 0.3) is 0 Å². The summed E-state index contributed by atoms with van der Waals surface area (Å²) in [4.78, 5) is 11.8. The molecule has 21 heavy (non-hydrogen) atoms. The van der Waals surface area contributed by atoms with Gasteiger partial charge in [0.25, 0.3) is 0 Å². The van der Waals surface area contributed by atoms with E-state index >= 15 is 0 Å². The largest absolute Gasteiger partial charge is 0.459 e. The van der Waals surface area contributed by atoms with E-state index in [0.29, 0.717) is 6.42 Å². The van der Waals surface area contributed by atoms with Crippen LogP contribution < -0.4 is 0 Å². The maximum atomic E-state index is 11.8. The highest BCUT2D eigenvalue weighted by Gasteiger charge is 2.64. The highest BCUT2D eigenvalue weighted by molar-refractivity contribution is 6.71. The number of hydrogen-bond donors (Lipinski definition) is 0. The van der Waals surface area contributed by atoms with Gasteiger partial charge in [-0.05, 0) is 25.3 Å². The van der Waals surface area contributed by atoms with E-state index in [9.17, 15) is 4.79 Å². The van der Waals surface area contributed by atoms with Gasteiger partial charge in [0.1, 0.15) is 11.3 Å². The van der Waals surface area contributed by atoms with Crippen molar-refractivity contribution in [3.63, 3.8) is 0 Å². The zero-order valence-corrected chi connectivity index (χ0v) is 15.1. The Hall–Kier alpha value is -0.433. The van der Waals surface area contributed by atoms with E-state index in [1.165, 1.54) is 0 Å². The molecule has 0 aromatic heterocycles. The molecule has 2 unspecified atom stereocenters. The topological polar surface area (TPSA) is 54.0 Å². The van der Waals surface area contributed by atoms with Gasteiger partial charge in [0, 0.05) is 27.8 Å². The number of hydrogen-bond acceptors (Lipinski definition) is 5. The second kappa shape index (κ2) is 8.27. The summed E-state index contributed by atoms with van der Waals surface area (Å²) in [7, 11) is 2.49. The maximum Gasteiger partial charge on any atom is 0.374 e. The molecule has 0 radical (unpaired) electrons. The molecule has 0 aromatic rings. The van der Waals surface area contributed by atoms with Gasteiger partial charge in [0.15, 0.2) is 0 Å². The second-order valence-electron chi connectivity index (χ2n) is 5.58. The molecule has 0 bridgehead atoms. The lowest BCUT2D eigenvalue weighted by Gasteiger charge is -2.51. The molecule has 1 aliphatic rings. The van der Waals surface area contributed by atoms with Gasteiger partial charge in [-0.25, -0.2) is 0 Å². The van der Waals surface area contributed by atoms with Gasteiger partial charge in [-0.1, -0.05) is 26.7 Å². The summed E-state index contributed by atoms with van der Waals surface area (Å²) in [5.41, 5.74) is 0. The molecule has 0 N–H and O–H groups in total. The molecule has 0 amide bonds. The minimum atomic E-state index is -2.59. The Bertz CT molecular complexity index is 332. The van der Waals surface area contributed by atoms with Gasteiger partial charge in [-0.3, -0.25) is 4.79 Å². The lowest BCUT2D eigenvalue weighted by atomic mass is 10.0. The third-order valence-corrected chi connectivity index (χ3v) is 9.02. The number of carbonyl (C=O) groups is 1. The zero-order chi connectivity index (χ0) is 15.9. The summed E-state index contributed by atoms with van der Waals surface area (Å²) in [6.45, 7) is 3.95. The Morgan fingerprint density at radius 2 is 1.90 bits per heavy atom. The molecule has 0 aliphatic carbocycles. The van der Waals surface area contributed by atoms with Gasteiger partial charge >= 0.3 is 14.5 Å². The minimum Gasteiger partial charge on any atom is -0.459 e. The molecular formula is C15H30O5Si. The summed E-state index contributed by atoms with van der Waals surface area (Å²) in [5.74, 6) is -0.185. The summed E-state index contributed by atoms with van der Waals surface area (Å²) in [6.07, 6.45) is 4.69. The number of rotatable bonds is 8. The summed E-state index contributed by atoms with van der Waals surface area (Å²) < 4.78 is 23.4. The lowest BCUT2D eigenvalue weighted by Crippen LogP contribution is -2.71. The van der Waals surface area contributed by atoms with E-state index in [1.807, 2.05) is 6.92 Å². The van der Waals surface area contributed by atoms with Crippen LogP contribution in [0.2, 0.25) is 6.04 Å². The average molecular weight is 318 g/mol. The van der Waals surface area contributed by atoms with Crippen LogP contribution in [0, 0.1) is 0 Å². The highest BCUT2D eigenvalue weighted by Crippen LogP contribution is 2.44. The molecule has 0 aromatic carbocycles. The van der Waals surface area contributed by atoms with Crippen LogP contribution in [0.3, 0.4) is 0 Å². The highest BCUT2D eigenvalue weighted by atomic mass is 28.4. The van der Waals surface area contributed by atoms with Crippen LogP contribution in [0.15, 0.2) is 0 Å². The zero-order valence-electron chi connectivity index (χ0n) is 14.1. The van der Waals surface area contributed by atoms with E-state index in [2.05, 4.69) is 6.92 Å². The number of methoxy groups -OCH3 is 1. The summed E-state index contributed by atoms with van der Waals surface area (Å²) >= 11 is 0. The van der Waals surface area contributed by atoms with E-state index in [0.717, 1.165) is 38.1 Å². The Morgan fingerprint density at radius 1 is 1.24 bits per heavy atom. The predicted octanol–water partition coefficient (Wildman–Crippen LogP) is 2.95. The first-order valence-electron chi connectivity index (χ1n) is 7.90. The Labute approximate surface area is 129 Å². The van der Waals surface area contributed by atoms with Gasteiger partial charge in [-0.15, -0.1) is 0 Å². The third kappa shape index (κ3) is 3.49. The third-order valence-electron chi connectivity index (χ3n) is 4.62. The average Bonchev–Trinajstić information content (AvgIpc) is 2.53. The SMILES string of the molecule is CCCCC1(OC)C(OC(=O)CC)CCC[Si]1(OC)OC. The van der Waals surface area contributed by atoms with Crippen molar-refractivity contribution in [1.29, 1.82) is 0 Å². The van der Waals surface area contributed by atoms with Crippen molar-refractivity contribution in [2.24, 2.45) is 0 Å². The van der Waals surface area contributed by atoms with E-state index in [4.69, 9.17) is 18.3 Å². The normalized spacial score (nSPS) is 28.3. The van der Waals surface area contributed by atoms with Crippen molar-refractivity contribution in [3.05, 3.63) is 0 Å². The van der Waals surface area contributed by atoms with Crippen LogP contribution in [-0.2, 0) is 23.1 Å². The van der Waals surface area contributed by atoms with Crippen molar-refractivity contribution in [3.8, 4) is 0 Å². The fraction of sp³-hybridized carbons (Fsp3) is 0.933. The molecule has 5 nitrogen and oxygen atoms in total. The molecule has 1 heterocycles. The van der Waals surface area contributed by atoms with Crippen LogP contribution in [0.5, 0.6) is 0 Å². The fourth-order valence-corrected chi connectivity index (χ4v) is 7.34. The van der Waals surface area contributed by atoms with E-state index in [1.54, 1.807) is 21.3 Å². The smallest absolute Gasteiger partial charge is 0.374 e. The molecule has 0 spiro atoms. The Morgan fingerprint density at radius 3 is 2.38 bits per heavy atom. The molecule has 1 fully saturated rings. The van der Waals surface area contributed by atoms with Gasteiger partial charge < -0.3 is 18.3 Å². The number of carbonyl (C=O) groups excluding carboxylic acids is 1. The molecule has 124 valence electrons. The fourth-order valence-electron chi connectivity index (χ4n) is 3.42. The van der Waals surface area contributed by atoms with Crippen LogP contribution in [0.4, 0.5) is 0 Å². The first-order chi connectivity index (χ1) is 10.1. The van der Waals surface area contributed by atoms with E-state index < -0.39 is 13.8 Å². The first kappa shape index (κ1) is 18.6. The van der Waals surface area contributed by atoms with Gasteiger partial charge in [0.2, 0.25) is 0 Å². The monoisotopic (exact) mass is 318 g/mol. The summed E-state index contributed by atoms with van der Waals surface area (Å²) in [5, 5.41) is -0.615. The van der Waals surface area contributed by atoms with Gasteiger partial charge in [0.05, 0.1) is 0 Å². The van der Waals surface area contributed by atoms with Crippen LogP contribution >= 0.6 is 0 Å². The van der Waals surface area contributed by atoms with Gasteiger partial charge in [-0.2, -0.15) is 0 Å². The molecule has 1 saturated heterocycles. The van der Waals surface area contributed by atoms with Crippen molar-refractivity contribution in [2.75, 3.05) is 21.3 Å². The van der Waals surface area contributed by atoms with Crippen molar-refractivity contribution < 1.29 is 23.1 Å². The summed E-state index contributed by atoms with van der Waals surface area (Å²) in [6, 6.07) is 0.873. The molecular weight excluding hydrogens is 288 g/mol. The quantitative estimate of drug-likeness (QED) is 0.509. The van der Waals surface area contributed by atoms with Crippen LogP contribution in [-0.4, -0.2) is 47.2 Å². The predicted molar refractivity (Wildman–Crippen MR) is 83.2 cm³/mol. The lowest BCUT2D eigenvalue weighted by molar-refractivity contribution is -0.167. The standard InChI is InChI=1S/C15H30O5Si/c1-6-8-11-15(17-3)13(20-14(16)7-2)10-9-12-21(15,18-4)19-5/h13H,6-12H2,1-5H3. The molecule has 1 aliphatic heterocycles.